The van der Waals surface area contributed by atoms with Crippen LogP contribution in [-0.2, 0) is 14.3 Å². The molecule has 3 amide bonds. The van der Waals surface area contributed by atoms with E-state index >= 15 is 0 Å². The maximum atomic E-state index is 14.3. The van der Waals surface area contributed by atoms with Crippen LogP contribution in [0.15, 0.2) is 30.3 Å². The smallest absolute Gasteiger partial charge is 0.408 e. The van der Waals surface area contributed by atoms with E-state index in [1.807, 2.05) is 23.1 Å². The Kier molecular flexibility index (Phi) is 8.16. The van der Waals surface area contributed by atoms with Crippen LogP contribution >= 0.6 is 0 Å². The molecule has 2 N–H and O–H groups in total. The van der Waals surface area contributed by atoms with Crippen molar-refractivity contribution in [3.63, 3.8) is 0 Å². The number of nitrogens with one attached hydrogen (secondary N) is 2. The minimum Gasteiger partial charge on any atom is -0.444 e. The van der Waals surface area contributed by atoms with Crippen molar-refractivity contribution in [1.29, 1.82) is 0 Å². The molecule has 3 saturated heterocycles. The molecule has 44 heavy (non-hydrogen) atoms. The number of hydrogen-bond acceptors (Lipinski definition) is 5. The van der Waals surface area contributed by atoms with Gasteiger partial charge < -0.3 is 25.2 Å². The van der Waals surface area contributed by atoms with Gasteiger partial charge in [0.05, 0.1) is 5.92 Å². The SMILES string of the molecule is CC(C)(C)OC(=O)N[C@H]1CC[C@H](NC2CC(C(F)(F)F)C2)C[C@H]2CC[C@@H](C(=O)N3C[C@H](c4ccccc4)CC34CC4)N2C1=O. The van der Waals surface area contributed by atoms with E-state index < -0.39 is 35.9 Å². The van der Waals surface area contributed by atoms with E-state index in [1.54, 1.807) is 25.7 Å². The van der Waals surface area contributed by atoms with Crippen LogP contribution in [0.25, 0.3) is 0 Å². The molecule has 0 unspecified atom stereocenters. The second kappa shape index (κ2) is 11.5. The molecule has 11 heteroatoms. The number of benzene rings is 1. The summed E-state index contributed by atoms with van der Waals surface area (Å²) < 4.78 is 44.9. The topological polar surface area (TPSA) is 91.0 Å². The van der Waals surface area contributed by atoms with Gasteiger partial charge in [-0.15, -0.1) is 0 Å². The molecule has 2 saturated carbocycles. The average molecular weight is 619 g/mol. The summed E-state index contributed by atoms with van der Waals surface area (Å²) in [5.74, 6) is -1.33. The van der Waals surface area contributed by atoms with Crippen LogP contribution in [0.2, 0.25) is 0 Å². The van der Waals surface area contributed by atoms with E-state index in [2.05, 4.69) is 22.8 Å². The molecule has 8 nitrogen and oxygen atoms in total. The molecule has 2 aliphatic carbocycles. The molecule has 0 radical (unpaired) electrons. The maximum absolute atomic E-state index is 14.3. The minimum atomic E-state index is -4.18. The van der Waals surface area contributed by atoms with Crippen molar-refractivity contribution in [3.05, 3.63) is 35.9 Å². The molecule has 6 rings (SSSR count). The van der Waals surface area contributed by atoms with Crippen molar-refractivity contribution in [2.45, 2.75) is 138 Å². The number of carbonyl (C=O) groups excluding carboxylic acids is 3. The third-order valence-electron chi connectivity index (χ3n) is 10.4. The molecule has 1 aromatic carbocycles. The molecule has 5 aliphatic rings. The van der Waals surface area contributed by atoms with Gasteiger partial charge >= 0.3 is 12.3 Å². The number of fused-ring (bicyclic) bond motifs is 1. The van der Waals surface area contributed by atoms with Gasteiger partial charge in [-0.3, -0.25) is 9.59 Å². The molecule has 0 bridgehead atoms. The van der Waals surface area contributed by atoms with Gasteiger partial charge in [-0.25, -0.2) is 4.79 Å². The molecule has 3 heterocycles. The van der Waals surface area contributed by atoms with Crippen LogP contribution in [0.1, 0.15) is 96.5 Å². The zero-order valence-electron chi connectivity index (χ0n) is 25.9. The molecule has 0 aromatic heterocycles. The van der Waals surface area contributed by atoms with Gasteiger partial charge in [0.25, 0.3) is 0 Å². The average Bonchev–Trinajstić information content (AvgIpc) is 3.40. The second-order valence-corrected chi connectivity index (χ2v) is 14.8. The Bertz CT molecular complexity index is 1240. The van der Waals surface area contributed by atoms with E-state index in [-0.39, 0.29) is 54.2 Å². The van der Waals surface area contributed by atoms with Crippen molar-refractivity contribution < 1.29 is 32.3 Å². The predicted octanol–water partition coefficient (Wildman–Crippen LogP) is 5.27. The Morgan fingerprint density at radius 2 is 1.66 bits per heavy atom. The van der Waals surface area contributed by atoms with E-state index in [4.69, 9.17) is 4.74 Å². The van der Waals surface area contributed by atoms with Crippen LogP contribution < -0.4 is 10.6 Å². The summed E-state index contributed by atoms with van der Waals surface area (Å²) in [6.07, 6.45) is 0.619. The fourth-order valence-corrected chi connectivity index (χ4v) is 8.02. The zero-order chi connectivity index (χ0) is 31.4. The first kappa shape index (κ1) is 31.2. The number of rotatable bonds is 5. The Morgan fingerprint density at radius 3 is 2.30 bits per heavy atom. The summed E-state index contributed by atoms with van der Waals surface area (Å²) in [7, 11) is 0. The largest absolute Gasteiger partial charge is 0.444 e. The van der Waals surface area contributed by atoms with Crippen molar-refractivity contribution in [2.24, 2.45) is 5.92 Å². The number of halogens is 3. The third-order valence-corrected chi connectivity index (χ3v) is 10.4. The highest BCUT2D eigenvalue weighted by Crippen LogP contribution is 2.54. The van der Waals surface area contributed by atoms with Crippen molar-refractivity contribution in [2.75, 3.05) is 6.54 Å². The zero-order valence-corrected chi connectivity index (χ0v) is 25.9. The van der Waals surface area contributed by atoms with E-state index in [0.717, 1.165) is 19.3 Å². The molecule has 3 aliphatic heterocycles. The molecule has 5 atom stereocenters. The lowest BCUT2D eigenvalue weighted by atomic mass is 9.79. The summed E-state index contributed by atoms with van der Waals surface area (Å²) >= 11 is 0. The summed E-state index contributed by atoms with van der Waals surface area (Å²) in [4.78, 5) is 45.0. The van der Waals surface area contributed by atoms with Gasteiger partial charge in [0, 0.05) is 36.1 Å². The normalized spacial score (nSPS) is 33.3. The highest BCUT2D eigenvalue weighted by Gasteiger charge is 2.58. The number of nitrogens with zero attached hydrogens (tertiary/aromatic N) is 2. The first-order valence-corrected chi connectivity index (χ1v) is 16.2. The lowest BCUT2D eigenvalue weighted by molar-refractivity contribution is -0.199. The maximum Gasteiger partial charge on any atom is 0.408 e. The summed E-state index contributed by atoms with van der Waals surface area (Å²) in [5.41, 5.74) is 0.315. The van der Waals surface area contributed by atoms with Gasteiger partial charge in [-0.1, -0.05) is 30.3 Å². The Hall–Kier alpha value is -2.82. The van der Waals surface area contributed by atoms with E-state index in [9.17, 15) is 27.6 Å². The Morgan fingerprint density at radius 1 is 0.955 bits per heavy atom. The molecule has 242 valence electrons. The molecular weight excluding hydrogens is 573 g/mol. The highest BCUT2D eigenvalue weighted by atomic mass is 19.4. The standard InChI is InChI=1S/C33H45F3N4O4/c1-31(2,3)44-30(43)38-26-11-9-23(37-24-15-22(16-24)33(34,35)36)17-25-10-12-27(40(25)28(26)41)29(42)39-19-21(18-32(39)13-14-32)20-7-5-4-6-8-20/h4-8,21-27,37H,9-19H2,1-3H3,(H,38,43)/t21-,22?,23+,24?,25-,26+,27+/m1/s1. The summed E-state index contributed by atoms with van der Waals surface area (Å²) in [6.45, 7) is 5.86. The molecule has 1 aromatic rings. The summed E-state index contributed by atoms with van der Waals surface area (Å²) in [6, 6.07) is 8.14. The van der Waals surface area contributed by atoms with Crippen LogP contribution in [0, 0.1) is 5.92 Å². The van der Waals surface area contributed by atoms with Gasteiger partial charge in [0.2, 0.25) is 11.8 Å². The molecule has 5 fully saturated rings. The second-order valence-electron chi connectivity index (χ2n) is 14.8. The van der Waals surface area contributed by atoms with E-state index in [0.29, 0.717) is 38.6 Å². The van der Waals surface area contributed by atoms with Crippen molar-refractivity contribution in [1.82, 2.24) is 20.4 Å². The Labute approximate surface area is 257 Å². The monoisotopic (exact) mass is 618 g/mol. The predicted molar refractivity (Wildman–Crippen MR) is 158 cm³/mol. The van der Waals surface area contributed by atoms with Crippen LogP contribution in [0.3, 0.4) is 0 Å². The lowest BCUT2D eigenvalue weighted by Gasteiger charge is -2.42. The van der Waals surface area contributed by atoms with Crippen LogP contribution in [-0.4, -0.2) is 81.8 Å². The fraction of sp³-hybridized carbons (Fsp3) is 0.727. The first-order chi connectivity index (χ1) is 20.7. The van der Waals surface area contributed by atoms with Crippen molar-refractivity contribution >= 4 is 17.9 Å². The quantitative estimate of drug-likeness (QED) is 0.469. The van der Waals surface area contributed by atoms with Gasteiger partial charge in [-0.05, 0) is 90.5 Å². The van der Waals surface area contributed by atoms with Gasteiger partial charge in [0.15, 0.2) is 0 Å². The third kappa shape index (κ3) is 6.44. The van der Waals surface area contributed by atoms with Crippen LogP contribution in [0.4, 0.5) is 18.0 Å². The summed E-state index contributed by atoms with van der Waals surface area (Å²) in [5, 5.41) is 6.20. The number of alkyl halides is 3. The number of amides is 3. The van der Waals surface area contributed by atoms with Crippen LogP contribution in [0.5, 0.6) is 0 Å². The number of carbonyl (C=O) groups is 3. The van der Waals surface area contributed by atoms with Gasteiger partial charge in [0.1, 0.15) is 17.7 Å². The number of alkyl carbamates (subject to hydrolysis) is 1. The first-order valence-electron chi connectivity index (χ1n) is 16.2. The molecular formula is C33H45F3N4O4. The van der Waals surface area contributed by atoms with Gasteiger partial charge in [-0.2, -0.15) is 13.2 Å². The lowest BCUT2D eigenvalue weighted by Crippen LogP contribution is -2.60. The number of ether oxygens (including phenoxy) is 1. The Balaban J connectivity index is 1.20. The number of hydrogen-bond donors (Lipinski definition) is 2. The molecule has 1 spiro atoms. The highest BCUT2D eigenvalue weighted by molar-refractivity contribution is 5.93. The fourth-order valence-electron chi connectivity index (χ4n) is 8.02. The number of likely N-dealkylation sites (tertiary alicyclic amines) is 1. The van der Waals surface area contributed by atoms with Crippen molar-refractivity contribution in [3.8, 4) is 0 Å². The van der Waals surface area contributed by atoms with E-state index in [1.165, 1.54) is 5.56 Å². The minimum absolute atomic E-state index is 0.0232.